The SMILES string of the molecule is Cc1ccc(N2NC3(CCCC(C)C3)NC2=O)cc1C. The highest BCUT2D eigenvalue weighted by Crippen LogP contribution is 2.34. The number of aryl methyl sites for hydroxylation is 2. The van der Waals surface area contributed by atoms with E-state index in [2.05, 4.69) is 43.6 Å². The monoisotopic (exact) mass is 273 g/mol. The van der Waals surface area contributed by atoms with Crippen LogP contribution in [-0.4, -0.2) is 11.7 Å². The first-order valence-corrected chi connectivity index (χ1v) is 7.46. The van der Waals surface area contributed by atoms with E-state index in [1.54, 1.807) is 5.01 Å². The molecule has 1 heterocycles. The smallest absolute Gasteiger partial charge is 0.317 e. The number of urea groups is 1. The van der Waals surface area contributed by atoms with Gasteiger partial charge < -0.3 is 5.32 Å². The van der Waals surface area contributed by atoms with Crippen molar-refractivity contribution < 1.29 is 4.79 Å². The van der Waals surface area contributed by atoms with Crippen LogP contribution in [0.5, 0.6) is 0 Å². The summed E-state index contributed by atoms with van der Waals surface area (Å²) in [5.74, 6) is 0.649. The first kappa shape index (κ1) is 13.4. The highest BCUT2D eigenvalue weighted by molar-refractivity contribution is 5.94. The van der Waals surface area contributed by atoms with Gasteiger partial charge in [-0.2, -0.15) is 0 Å². The molecule has 2 aliphatic rings. The molecule has 3 rings (SSSR count). The van der Waals surface area contributed by atoms with Gasteiger partial charge >= 0.3 is 6.03 Å². The summed E-state index contributed by atoms with van der Waals surface area (Å²) in [7, 11) is 0. The molecule has 1 saturated carbocycles. The lowest BCUT2D eigenvalue weighted by Crippen LogP contribution is -2.53. The first-order chi connectivity index (χ1) is 9.49. The maximum Gasteiger partial charge on any atom is 0.338 e. The van der Waals surface area contributed by atoms with E-state index in [1.165, 1.54) is 17.5 Å². The number of benzene rings is 1. The molecule has 0 bridgehead atoms. The van der Waals surface area contributed by atoms with Gasteiger partial charge in [0.2, 0.25) is 0 Å². The van der Waals surface area contributed by atoms with Crippen molar-refractivity contribution in [2.75, 3.05) is 5.01 Å². The molecular weight excluding hydrogens is 250 g/mol. The number of nitrogens with one attached hydrogen (secondary N) is 2. The van der Waals surface area contributed by atoms with Crippen molar-refractivity contribution >= 4 is 11.7 Å². The van der Waals surface area contributed by atoms with E-state index >= 15 is 0 Å². The second-order valence-electron chi connectivity index (χ2n) is 6.43. The third-order valence-electron chi connectivity index (χ3n) is 4.62. The van der Waals surface area contributed by atoms with Crippen LogP contribution in [0.1, 0.15) is 43.7 Å². The van der Waals surface area contributed by atoms with E-state index < -0.39 is 0 Å². The van der Waals surface area contributed by atoms with Crippen LogP contribution in [0.25, 0.3) is 0 Å². The molecule has 1 aromatic carbocycles. The second kappa shape index (κ2) is 4.77. The lowest BCUT2D eigenvalue weighted by Gasteiger charge is -2.36. The van der Waals surface area contributed by atoms with Crippen molar-refractivity contribution in [1.29, 1.82) is 0 Å². The fourth-order valence-corrected chi connectivity index (χ4v) is 3.37. The number of hydrazine groups is 1. The Morgan fingerprint density at radius 1 is 1.30 bits per heavy atom. The molecule has 1 spiro atoms. The van der Waals surface area contributed by atoms with Crippen molar-refractivity contribution in [3.8, 4) is 0 Å². The quantitative estimate of drug-likeness (QED) is 0.825. The summed E-state index contributed by atoms with van der Waals surface area (Å²) in [6.45, 7) is 6.42. The van der Waals surface area contributed by atoms with Gasteiger partial charge in [-0.3, -0.25) is 0 Å². The van der Waals surface area contributed by atoms with Crippen LogP contribution in [0, 0.1) is 19.8 Å². The van der Waals surface area contributed by atoms with E-state index in [1.807, 2.05) is 6.07 Å². The number of amides is 2. The predicted octanol–water partition coefficient (Wildman–Crippen LogP) is 3.24. The zero-order valence-corrected chi connectivity index (χ0v) is 12.5. The number of hydrogen-bond acceptors (Lipinski definition) is 2. The molecular formula is C16H23N3O. The molecule has 1 saturated heterocycles. The number of rotatable bonds is 1. The number of nitrogens with zero attached hydrogens (tertiary/aromatic N) is 1. The summed E-state index contributed by atoms with van der Waals surface area (Å²) in [6.07, 6.45) is 4.42. The zero-order chi connectivity index (χ0) is 14.3. The number of carbonyl (C=O) groups is 1. The van der Waals surface area contributed by atoms with Crippen molar-refractivity contribution in [1.82, 2.24) is 10.7 Å². The largest absolute Gasteiger partial charge is 0.338 e. The zero-order valence-electron chi connectivity index (χ0n) is 12.5. The third kappa shape index (κ3) is 2.29. The molecule has 2 amide bonds. The van der Waals surface area contributed by atoms with E-state index in [0.717, 1.165) is 24.9 Å². The minimum absolute atomic E-state index is 0.0395. The van der Waals surface area contributed by atoms with Gasteiger partial charge in [0.05, 0.1) is 5.69 Å². The van der Waals surface area contributed by atoms with E-state index in [-0.39, 0.29) is 11.7 Å². The molecule has 1 aromatic rings. The van der Waals surface area contributed by atoms with Crippen molar-refractivity contribution in [2.45, 2.75) is 52.1 Å². The van der Waals surface area contributed by atoms with Crippen LogP contribution in [-0.2, 0) is 0 Å². The summed E-state index contributed by atoms with van der Waals surface area (Å²) in [4.78, 5) is 12.3. The first-order valence-electron chi connectivity index (χ1n) is 7.46. The van der Waals surface area contributed by atoms with Crippen LogP contribution in [0.15, 0.2) is 18.2 Å². The predicted molar refractivity (Wildman–Crippen MR) is 80.4 cm³/mol. The summed E-state index contributed by atoms with van der Waals surface area (Å²) >= 11 is 0. The van der Waals surface area contributed by atoms with Crippen molar-refractivity contribution in [3.63, 3.8) is 0 Å². The lowest BCUT2D eigenvalue weighted by molar-refractivity contribution is 0.185. The maximum atomic E-state index is 12.3. The Balaban J connectivity index is 1.85. The Morgan fingerprint density at radius 2 is 2.10 bits per heavy atom. The molecule has 4 heteroatoms. The third-order valence-corrected chi connectivity index (χ3v) is 4.62. The Hall–Kier alpha value is -1.55. The Bertz CT molecular complexity index is 543. The van der Waals surface area contributed by atoms with Gasteiger partial charge in [-0.05, 0) is 62.3 Å². The Kier molecular flexibility index (Phi) is 3.21. The summed E-state index contributed by atoms with van der Waals surface area (Å²) < 4.78 is 0. The molecule has 2 N–H and O–H groups in total. The maximum absolute atomic E-state index is 12.3. The molecule has 1 aliphatic heterocycles. The molecule has 2 unspecified atom stereocenters. The minimum Gasteiger partial charge on any atom is -0.317 e. The van der Waals surface area contributed by atoms with Crippen LogP contribution >= 0.6 is 0 Å². The Morgan fingerprint density at radius 3 is 2.80 bits per heavy atom. The molecule has 0 aromatic heterocycles. The normalized spacial score (nSPS) is 29.9. The number of carbonyl (C=O) groups excluding carboxylic acids is 1. The molecule has 4 nitrogen and oxygen atoms in total. The molecule has 108 valence electrons. The van der Waals surface area contributed by atoms with E-state index in [0.29, 0.717) is 5.92 Å². The average Bonchev–Trinajstić information content (AvgIpc) is 2.69. The average molecular weight is 273 g/mol. The van der Waals surface area contributed by atoms with Gasteiger partial charge in [0.15, 0.2) is 0 Å². The minimum atomic E-state index is -0.243. The summed E-state index contributed by atoms with van der Waals surface area (Å²) in [5, 5.41) is 4.83. The standard InChI is InChI=1S/C16H23N3O/c1-11-5-4-8-16(10-11)17-15(20)19(18-16)14-7-6-12(2)13(3)9-14/h6-7,9,11,18H,4-5,8,10H2,1-3H3,(H,17,20). The molecule has 0 radical (unpaired) electrons. The van der Waals surface area contributed by atoms with Gasteiger partial charge in [0.1, 0.15) is 5.66 Å². The molecule has 2 atom stereocenters. The number of anilines is 1. The fraction of sp³-hybridized carbons (Fsp3) is 0.562. The summed E-state index contributed by atoms with van der Waals surface area (Å²) in [6, 6.07) is 6.09. The van der Waals surface area contributed by atoms with Crippen LogP contribution < -0.4 is 15.8 Å². The van der Waals surface area contributed by atoms with Crippen LogP contribution in [0.2, 0.25) is 0 Å². The van der Waals surface area contributed by atoms with E-state index in [9.17, 15) is 4.79 Å². The topological polar surface area (TPSA) is 44.4 Å². The number of hydrogen-bond donors (Lipinski definition) is 2. The molecule has 20 heavy (non-hydrogen) atoms. The van der Waals surface area contributed by atoms with Crippen molar-refractivity contribution in [3.05, 3.63) is 29.3 Å². The second-order valence-corrected chi connectivity index (χ2v) is 6.43. The van der Waals surface area contributed by atoms with Gasteiger partial charge in [-0.25, -0.2) is 15.2 Å². The van der Waals surface area contributed by atoms with Crippen LogP contribution in [0.3, 0.4) is 0 Å². The Labute approximate surface area is 120 Å². The molecule has 1 aliphatic carbocycles. The van der Waals surface area contributed by atoms with Crippen molar-refractivity contribution in [2.24, 2.45) is 5.92 Å². The van der Waals surface area contributed by atoms with Gasteiger partial charge in [0.25, 0.3) is 0 Å². The highest BCUT2D eigenvalue weighted by Gasteiger charge is 2.44. The highest BCUT2D eigenvalue weighted by atomic mass is 16.2. The van der Waals surface area contributed by atoms with Crippen LogP contribution in [0.4, 0.5) is 10.5 Å². The van der Waals surface area contributed by atoms with Gasteiger partial charge in [0, 0.05) is 0 Å². The fourth-order valence-electron chi connectivity index (χ4n) is 3.37. The lowest BCUT2D eigenvalue weighted by atomic mass is 9.83. The van der Waals surface area contributed by atoms with E-state index in [4.69, 9.17) is 0 Å². The van der Waals surface area contributed by atoms with Gasteiger partial charge in [-0.15, -0.1) is 0 Å². The molecule has 2 fully saturated rings. The summed E-state index contributed by atoms with van der Waals surface area (Å²) in [5.41, 5.74) is 6.55. The van der Waals surface area contributed by atoms with Gasteiger partial charge in [-0.1, -0.05) is 19.4 Å².